The van der Waals surface area contributed by atoms with Gasteiger partial charge in [-0.1, -0.05) is 38.1 Å². The molecule has 2 aliphatic heterocycles. The van der Waals surface area contributed by atoms with Crippen molar-refractivity contribution >= 4 is 25.4 Å². The number of nitrogens with one attached hydrogen (secondary N) is 2. The highest BCUT2D eigenvalue weighted by molar-refractivity contribution is 6.14. The summed E-state index contributed by atoms with van der Waals surface area (Å²) in [5, 5.41) is 30.9. The van der Waals surface area contributed by atoms with Crippen LogP contribution >= 0.6 is 0 Å². The molecule has 10 atom stereocenters. The quantitative estimate of drug-likeness (QED) is 0.133. The van der Waals surface area contributed by atoms with E-state index in [1.54, 1.807) is 36.0 Å². The zero-order valence-electron chi connectivity index (χ0n) is 32.2. The van der Waals surface area contributed by atoms with Crippen LogP contribution in [0.15, 0.2) is 42.9 Å². The summed E-state index contributed by atoms with van der Waals surface area (Å²) in [6.45, 7) is 13.3. The summed E-state index contributed by atoms with van der Waals surface area (Å²) in [5.41, 5.74) is 7.00. The van der Waals surface area contributed by atoms with E-state index in [1.807, 2.05) is 58.2 Å². The van der Waals surface area contributed by atoms with Crippen LogP contribution in [0.25, 0.3) is 11.3 Å². The number of Topliss-reactive ketones (excluding diaryl/α,β-unsaturated/α-hetero) is 1. The molecule has 15 heteroatoms. The van der Waals surface area contributed by atoms with Crippen molar-refractivity contribution in [2.75, 3.05) is 25.9 Å². The molecule has 2 fully saturated rings. The smallest absolute Gasteiger partial charge is 0.410 e. The van der Waals surface area contributed by atoms with Gasteiger partial charge in [-0.05, 0) is 88.9 Å². The molecule has 2 saturated heterocycles. The number of benzene rings is 1. The number of carbonyl (C=O) groups excluding carboxylic acids is 2. The first-order chi connectivity index (χ1) is 25.2. The highest BCUT2D eigenvalue weighted by Crippen LogP contribution is 2.41. The Morgan fingerprint density at radius 1 is 1.17 bits per heavy atom. The zero-order chi connectivity index (χ0) is 38.5. The van der Waals surface area contributed by atoms with E-state index in [1.165, 1.54) is 0 Å². The van der Waals surface area contributed by atoms with Crippen molar-refractivity contribution in [2.45, 2.75) is 122 Å². The monoisotopic (exact) mass is 732 g/mol. The van der Waals surface area contributed by atoms with E-state index in [-0.39, 0.29) is 24.2 Å². The number of amides is 1. The Morgan fingerprint density at radius 3 is 2.60 bits per heavy atom. The number of carbonyl (C=O) groups is 2. The van der Waals surface area contributed by atoms with Crippen LogP contribution in [0, 0.1) is 17.8 Å². The molecule has 4 heterocycles. The second kappa shape index (κ2) is 17.1. The molecule has 0 spiro atoms. The third kappa shape index (κ3) is 8.96. The molecule has 14 nitrogen and oxygen atoms in total. The summed E-state index contributed by atoms with van der Waals surface area (Å²) >= 11 is 0. The molecule has 1 aromatic carbocycles. The number of aromatic amines is 1. The van der Waals surface area contributed by atoms with Crippen LogP contribution in [0.4, 0.5) is 10.5 Å². The molecule has 1 amide bonds. The lowest BCUT2D eigenvalue weighted by Gasteiger charge is -2.42. The standard InChI is InChI=1S/C38H57BN8O6/c1-8-31-38(6)34(47(36(50)53-38)15-10-9-14-46-22-30(44-45-46)27-12-11-13-28(40)17-27)25(4)41-19-23(2)18-37(5,51-7)33(39)24(3)32(48)29(35(49)52-31)16-26-20-42-43-21-26/h11-13,17,20-25,29,31,33-35,41,49H,8-10,14-16,18-19,40H2,1-7H3,(H,42,43)/t23-,24+,25-,29-,31-,33-,34-,35?,37-,38-/m1/s1. The van der Waals surface area contributed by atoms with Crippen molar-refractivity contribution in [1.82, 2.24) is 35.4 Å². The number of rotatable bonds is 10. The molecule has 288 valence electrons. The lowest BCUT2D eigenvalue weighted by Crippen LogP contribution is -2.61. The Kier molecular flexibility index (Phi) is 13.1. The first-order valence-corrected chi connectivity index (χ1v) is 18.8. The van der Waals surface area contributed by atoms with Crippen LogP contribution in [0.5, 0.6) is 0 Å². The van der Waals surface area contributed by atoms with Crippen LogP contribution in [-0.4, -0.2) is 111 Å². The summed E-state index contributed by atoms with van der Waals surface area (Å²) < 4.78 is 20.5. The number of hydrogen-bond donors (Lipinski definition) is 4. The van der Waals surface area contributed by atoms with E-state index in [2.05, 4.69) is 32.7 Å². The molecule has 2 radical (unpaired) electrons. The molecule has 5 N–H and O–H groups in total. The largest absolute Gasteiger partial charge is 0.438 e. The Hall–Kier alpha value is -3.79. The van der Waals surface area contributed by atoms with Crippen molar-refractivity contribution in [3.63, 3.8) is 0 Å². The van der Waals surface area contributed by atoms with E-state index in [9.17, 15) is 14.7 Å². The number of unbranched alkanes of at least 4 members (excludes halogenated alkanes) is 1. The summed E-state index contributed by atoms with van der Waals surface area (Å²) in [6, 6.07) is 6.84. The fraction of sp³-hybridized carbons (Fsp3) is 0.658. The predicted molar refractivity (Wildman–Crippen MR) is 202 cm³/mol. The number of aryl methyl sites for hydroxylation is 1. The number of nitrogens with two attached hydrogens (primary N) is 1. The number of aromatic nitrogens is 5. The molecule has 0 saturated carbocycles. The van der Waals surface area contributed by atoms with E-state index in [0.717, 1.165) is 23.2 Å². The van der Waals surface area contributed by atoms with Gasteiger partial charge in [-0.25, -0.2) is 4.79 Å². The molecule has 5 rings (SSSR count). The van der Waals surface area contributed by atoms with E-state index in [0.29, 0.717) is 44.6 Å². The minimum Gasteiger partial charge on any atom is -0.438 e. The minimum absolute atomic E-state index is 0.101. The van der Waals surface area contributed by atoms with Crippen molar-refractivity contribution in [3.05, 3.63) is 48.4 Å². The highest BCUT2D eigenvalue weighted by Gasteiger charge is 2.58. The van der Waals surface area contributed by atoms with Crippen molar-refractivity contribution in [2.24, 2.45) is 17.8 Å². The average molecular weight is 733 g/mol. The van der Waals surface area contributed by atoms with Crippen LogP contribution in [-0.2, 0) is 32.0 Å². The number of anilines is 1. The summed E-state index contributed by atoms with van der Waals surface area (Å²) in [6.07, 6.45) is 5.12. The van der Waals surface area contributed by atoms with Gasteiger partial charge in [-0.3, -0.25) is 19.5 Å². The maximum absolute atomic E-state index is 14.3. The van der Waals surface area contributed by atoms with E-state index < -0.39 is 53.4 Å². The number of aliphatic hydroxyl groups excluding tert-OH is 1. The van der Waals surface area contributed by atoms with Crippen molar-refractivity contribution < 1.29 is 28.9 Å². The fourth-order valence-electron chi connectivity index (χ4n) is 8.32. The number of ketones is 1. The fourth-order valence-corrected chi connectivity index (χ4v) is 8.32. The zero-order valence-corrected chi connectivity index (χ0v) is 32.2. The Balaban J connectivity index is 1.39. The number of H-pyrrole nitrogens is 1. The van der Waals surface area contributed by atoms with Crippen molar-refractivity contribution in [1.29, 1.82) is 0 Å². The number of methoxy groups -OCH3 is 1. The second-order valence-electron chi connectivity index (χ2n) is 15.5. The third-order valence-electron chi connectivity index (χ3n) is 11.4. The number of fused-ring (bicyclic) bond motifs is 1. The van der Waals surface area contributed by atoms with Crippen LogP contribution in [0.1, 0.15) is 72.8 Å². The highest BCUT2D eigenvalue weighted by atomic mass is 16.6. The predicted octanol–water partition coefficient (Wildman–Crippen LogP) is 4.17. The molecule has 0 aliphatic carbocycles. The Labute approximate surface area is 314 Å². The number of hydrogen-bond acceptors (Lipinski definition) is 11. The summed E-state index contributed by atoms with van der Waals surface area (Å²) in [4.78, 5) is 29.9. The summed E-state index contributed by atoms with van der Waals surface area (Å²) in [7, 11) is 8.45. The lowest BCUT2D eigenvalue weighted by molar-refractivity contribution is -0.212. The molecule has 0 bridgehead atoms. The lowest BCUT2D eigenvalue weighted by atomic mass is 9.62. The normalized spacial score (nSPS) is 33.2. The van der Waals surface area contributed by atoms with Gasteiger partial charge in [-0.2, -0.15) is 5.10 Å². The molecule has 53 heavy (non-hydrogen) atoms. The number of aliphatic hydroxyl groups is 1. The summed E-state index contributed by atoms with van der Waals surface area (Å²) in [5.74, 6) is -2.42. The average Bonchev–Trinajstić information content (AvgIpc) is 3.89. The SMILES string of the molecule is [B][C@@H]1[C@@H](C)C(=O)[C@@H](Cc2cn[nH]c2)C(O)O[C@H](CC)[C@@]2(C)OC(=O)N(CCCCn3cc(-c4cccc(N)c4)nn3)[C@@H]2[C@@H](C)NC[C@H](C)C[C@@]1(C)OC. The molecular formula is C38H57BN8O6. The first kappa shape index (κ1) is 40.4. The Bertz CT molecular complexity index is 1660. The first-order valence-electron chi connectivity index (χ1n) is 18.8. The van der Waals surface area contributed by atoms with Gasteiger partial charge >= 0.3 is 6.09 Å². The van der Waals surface area contributed by atoms with Crippen LogP contribution < -0.4 is 11.1 Å². The third-order valence-corrected chi connectivity index (χ3v) is 11.4. The van der Waals surface area contributed by atoms with Crippen LogP contribution in [0.3, 0.4) is 0 Å². The van der Waals surface area contributed by atoms with Crippen molar-refractivity contribution in [3.8, 4) is 11.3 Å². The van der Waals surface area contributed by atoms with Gasteiger partial charge in [0.1, 0.15) is 17.6 Å². The van der Waals surface area contributed by atoms with Gasteiger partial charge in [0, 0.05) is 49.6 Å². The molecule has 2 aliphatic rings. The molecule has 2 aromatic heterocycles. The Morgan fingerprint density at radius 2 is 1.92 bits per heavy atom. The van der Waals surface area contributed by atoms with Gasteiger partial charge in [0.25, 0.3) is 0 Å². The van der Waals surface area contributed by atoms with Gasteiger partial charge < -0.3 is 30.4 Å². The number of ether oxygens (including phenoxy) is 3. The minimum atomic E-state index is -1.51. The van der Waals surface area contributed by atoms with Gasteiger partial charge in [-0.15, -0.1) is 5.10 Å². The molecule has 1 unspecified atom stereocenters. The number of nitrogens with zero attached hydrogens (tertiary/aromatic N) is 5. The topological polar surface area (TPSA) is 183 Å². The maximum Gasteiger partial charge on any atom is 0.410 e. The maximum atomic E-state index is 14.3. The van der Waals surface area contributed by atoms with E-state index in [4.69, 9.17) is 27.8 Å². The molecule has 3 aromatic rings. The van der Waals surface area contributed by atoms with Gasteiger partial charge in [0.2, 0.25) is 0 Å². The number of nitrogen functional groups attached to an aromatic ring is 1. The second-order valence-corrected chi connectivity index (χ2v) is 15.5. The molecular weight excluding hydrogens is 675 g/mol. The van der Waals surface area contributed by atoms with E-state index >= 15 is 0 Å². The van der Waals surface area contributed by atoms with Gasteiger partial charge in [0.05, 0.1) is 37.8 Å². The van der Waals surface area contributed by atoms with Crippen LogP contribution in [0.2, 0.25) is 5.82 Å². The van der Waals surface area contributed by atoms with Gasteiger partial charge in [0.15, 0.2) is 11.9 Å².